The van der Waals surface area contributed by atoms with Gasteiger partial charge in [-0.2, -0.15) is 0 Å². The van der Waals surface area contributed by atoms with Crippen molar-refractivity contribution in [3.05, 3.63) is 17.5 Å². The fourth-order valence-electron chi connectivity index (χ4n) is 4.30. The Hall–Kier alpha value is -1.93. The molecule has 3 heterocycles. The molecule has 0 aliphatic carbocycles. The second kappa shape index (κ2) is 9.26. The van der Waals surface area contributed by atoms with Gasteiger partial charge in [0.05, 0.1) is 11.3 Å². The van der Waals surface area contributed by atoms with Crippen LogP contribution in [0, 0.1) is 0 Å². The van der Waals surface area contributed by atoms with Crippen LogP contribution in [0.25, 0.3) is 0 Å². The van der Waals surface area contributed by atoms with E-state index < -0.39 is 5.60 Å². The van der Waals surface area contributed by atoms with E-state index in [9.17, 15) is 14.7 Å². The van der Waals surface area contributed by atoms with Crippen molar-refractivity contribution < 1.29 is 19.2 Å². The highest BCUT2D eigenvalue weighted by Gasteiger charge is 2.35. The predicted molar refractivity (Wildman–Crippen MR) is 109 cm³/mol. The molecule has 2 saturated heterocycles. The first kappa shape index (κ1) is 21.8. The minimum atomic E-state index is -0.791. The number of aliphatic hydroxyl groups is 1. The number of hydrogen-bond acceptors (Lipinski definition) is 6. The highest BCUT2D eigenvalue weighted by molar-refractivity contribution is 5.91. The van der Waals surface area contributed by atoms with Gasteiger partial charge in [0.25, 0.3) is 5.91 Å². The molecule has 8 heteroatoms. The van der Waals surface area contributed by atoms with E-state index in [1.54, 1.807) is 17.9 Å². The molecule has 1 aromatic rings. The van der Waals surface area contributed by atoms with Crippen molar-refractivity contribution >= 4 is 11.8 Å². The molecule has 2 fully saturated rings. The van der Waals surface area contributed by atoms with Crippen molar-refractivity contribution in [2.45, 2.75) is 70.4 Å². The maximum atomic E-state index is 12.8. The van der Waals surface area contributed by atoms with E-state index in [0.29, 0.717) is 32.5 Å². The number of amides is 2. The third-order valence-corrected chi connectivity index (χ3v) is 6.05. The molecule has 3 rings (SSSR count). The minimum absolute atomic E-state index is 0.0166. The average Bonchev–Trinajstić information content (AvgIpc) is 3.08. The lowest BCUT2D eigenvalue weighted by molar-refractivity contribution is -0.120. The Kier molecular flexibility index (Phi) is 6.95. The van der Waals surface area contributed by atoms with E-state index in [1.807, 2.05) is 13.8 Å². The largest absolute Gasteiger partial charge is 0.388 e. The monoisotopic (exact) mass is 406 g/mol. The van der Waals surface area contributed by atoms with E-state index in [1.165, 1.54) is 0 Å². The van der Waals surface area contributed by atoms with E-state index in [4.69, 9.17) is 4.52 Å². The van der Waals surface area contributed by atoms with Crippen LogP contribution >= 0.6 is 0 Å². The van der Waals surface area contributed by atoms with E-state index >= 15 is 0 Å². The molecule has 0 bridgehead atoms. The predicted octanol–water partition coefficient (Wildman–Crippen LogP) is 1.76. The van der Waals surface area contributed by atoms with Crippen LogP contribution in [0.1, 0.15) is 75.0 Å². The smallest absolute Gasteiger partial charge is 0.292 e. The van der Waals surface area contributed by atoms with Crippen molar-refractivity contribution in [3.63, 3.8) is 0 Å². The third kappa shape index (κ3) is 5.79. The number of hydrogen-bond donors (Lipinski definition) is 2. The molecule has 1 atom stereocenters. The molecule has 0 spiro atoms. The summed E-state index contributed by atoms with van der Waals surface area (Å²) >= 11 is 0. The topological polar surface area (TPSA) is 98.9 Å². The van der Waals surface area contributed by atoms with Gasteiger partial charge in [-0.25, -0.2) is 0 Å². The maximum absolute atomic E-state index is 12.8. The Morgan fingerprint density at radius 1 is 1.28 bits per heavy atom. The number of rotatable bonds is 5. The van der Waals surface area contributed by atoms with Crippen LogP contribution in [0.15, 0.2) is 10.6 Å². The second-order valence-electron chi connectivity index (χ2n) is 8.89. The number of aromatic nitrogens is 1. The molecule has 1 unspecified atom stereocenters. The zero-order valence-electron chi connectivity index (χ0n) is 17.8. The molecule has 1 aromatic heterocycles. The number of β-amino-alcohol motifs (C(OH)–C–C–N with tert-alkyl or cyclic N) is 1. The van der Waals surface area contributed by atoms with Crippen LogP contribution < -0.4 is 5.32 Å². The van der Waals surface area contributed by atoms with Gasteiger partial charge in [0.2, 0.25) is 11.7 Å². The standard InChI is InChI=1S/C21H34N4O4/c1-15(2)18-13-19(29-23-18)20(27)25-9-4-7-21(28,8-12-25)14-24-10-5-17(6-11-24)22-16(3)26/h13,15,17,28H,4-12,14H2,1-3H3,(H,22,26). The number of nitrogens with one attached hydrogen (secondary N) is 1. The number of likely N-dealkylation sites (tertiary alicyclic amines) is 2. The normalized spacial score (nSPS) is 24.5. The second-order valence-corrected chi connectivity index (χ2v) is 8.89. The number of carbonyl (C=O) groups is 2. The third-order valence-electron chi connectivity index (χ3n) is 6.05. The van der Waals surface area contributed by atoms with Crippen molar-refractivity contribution in [3.8, 4) is 0 Å². The molecule has 2 aliphatic rings. The summed E-state index contributed by atoms with van der Waals surface area (Å²) in [5.41, 5.74) is -0.0113. The maximum Gasteiger partial charge on any atom is 0.292 e. The summed E-state index contributed by atoms with van der Waals surface area (Å²) in [5.74, 6) is 0.358. The van der Waals surface area contributed by atoms with Crippen molar-refractivity contribution in [2.24, 2.45) is 0 Å². The molecule has 29 heavy (non-hydrogen) atoms. The van der Waals surface area contributed by atoms with Crippen LogP contribution in [0.5, 0.6) is 0 Å². The minimum Gasteiger partial charge on any atom is -0.388 e. The fourth-order valence-corrected chi connectivity index (χ4v) is 4.30. The van der Waals surface area contributed by atoms with Gasteiger partial charge in [-0.3, -0.25) is 9.59 Å². The van der Waals surface area contributed by atoms with Crippen LogP contribution in [0.2, 0.25) is 0 Å². The molecule has 2 N–H and O–H groups in total. The first-order valence-electron chi connectivity index (χ1n) is 10.7. The van der Waals surface area contributed by atoms with Gasteiger partial charge in [0.1, 0.15) is 0 Å². The summed E-state index contributed by atoms with van der Waals surface area (Å²) in [6.07, 6.45) is 3.80. The van der Waals surface area contributed by atoms with E-state index in [0.717, 1.165) is 38.0 Å². The zero-order chi connectivity index (χ0) is 21.0. The highest BCUT2D eigenvalue weighted by Crippen LogP contribution is 2.26. The molecule has 2 aliphatic heterocycles. The fraction of sp³-hybridized carbons (Fsp3) is 0.762. The molecular formula is C21H34N4O4. The number of nitrogens with zero attached hydrogens (tertiary/aromatic N) is 3. The first-order chi connectivity index (χ1) is 13.8. The molecule has 8 nitrogen and oxygen atoms in total. The molecule has 0 saturated carbocycles. The number of carbonyl (C=O) groups excluding carboxylic acids is 2. The van der Waals surface area contributed by atoms with Gasteiger partial charge in [-0.1, -0.05) is 19.0 Å². The van der Waals surface area contributed by atoms with E-state index in [2.05, 4.69) is 15.4 Å². The lowest BCUT2D eigenvalue weighted by Crippen LogP contribution is -2.50. The molecule has 0 aromatic carbocycles. The Morgan fingerprint density at radius 2 is 2.00 bits per heavy atom. The van der Waals surface area contributed by atoms with Crippen molar-refractivity contribution in [2.75, 3.05) is 32.7 Å². The molecule has 2 amide bonds. The SMILES string of the molecule is CC(=O)NC1CCN(CC2(O)CCCN(C(=O)c3cc(C(C)C)no3)CC2)CC1. The Bertz CT molecular complexity index is 711. The van der Waals surface area contributed by atoms with Gasteiger partial charge in [-0.15, -0.1) is 0 Å². The Labute approximate surface area is 172 Å². The summed E-state index contributed by atoms with van der Waals surface area (Å²) < 4.78 is 5.25. The summed E-state index contributed by atoms with van der Waals surface area (Å²) in [4.78, 5) is 28.0. The van der Waals surface area contributed by atoms with Crippen LogP contribution in [0.4, 0.5) is 0 Å². The van der Waals surface area contributed by atoms with Gasteiger partial charge in [0.15, 0.2) is 0 Å². The van der Waals surface area contributed by atoms with E-state index in [-0.39, 0.29) is 29.5 Å². The quantitative estimate of drug-likeness (QED) is 0.773. The van der Waals surface area contributed by atoms with Gasteiger partial charge in [-0.05, 0) is 38.0 Å². The molecule has 0 radical (unpaired) electrons. The van der Waals surface area contributed by atoms with Crippen LogP contribution in [-0.2, 0) is 4.79 Å². The summed E-state index contributed by atoms with van der Waals surface area (Å²) in [5, 5.41) is 18.1. The van der Waals surface area contributed by atoms with Crippen LogP contribution in [0.3, 0.4) is 0 Å². The van der Waals surface area contributed by atoms with Crippen molar-refractivity contribution in [1.29, 1.82) is 0 Å². The average molecular weight is 407 g/mol. The number of piperidine rings is 1. The Balaban J connectivity index is 1.52. The van der Waals surface area contributed by atoms with Gasteiger partial charge < -0.3 is 24.7 Å². The Morgan fingerprint density at radius 3 is 2.62 bits per heavy atom. The first-order valence-corrected chi connectivity index (χ1v) is 10.7. The zero-order valence-corrected chi connectivity index (χ0v) is 17.8. The summed E-state index contributed by atoms with van der Waals surface area (Å²) in [6, 6.07) is 1.96. The van der Waals surface area contributed by atoms with Gasteiger partial charge >= 0.3 is 0 Å². The highest BCUT2D eigenvalue weighted by atomic mass is 16.5. The summed E-state index contributed by atoms with van der Waals surface area (Å²) in [6.45, 7) is 9.04. The van der Waals surface area contributed by atoms with Crippen molar-refractivity contribution in [1.82, 2.24) is 20.3 Å². The lowest BCUT2D eigenvalue weighted by Gasteiger charge is -2.38. The van der Waals surface area contributed by atoms with Gasteiger partial charge in [0, 0.05) is 51.8 Å². The molecular weight excluding hydrogens is 372 g/mol. The lowest BCUT2D eigenvalue weighted by atomic mass is 9.93. The molecule has 162 valence electrons. The van der Waals surface area contributed by atoms with Crippen LogP contribution in [-0.4, -0.2) is 76.2 Å². The summed E-state index contributed by atoms with van der Waals surface area (Å²) in [7, 11) is 0.